The summed E-state index contributed by atoms with van der Waals surface area (Å²) in [5.41, 5.74) is 5.16. The van der Waals surface area contributed by atoms with Gasteiger partial charge in [-0.05, 0) is 85.7 Å². The van der Waals surface area contributed by atoms with Gasteiger partial charge in [0.25, 0.3) is 0 Å². The monoisotopic (exact) mass is 520 g/mol. The molecule has 7 nitrogen and oxygen atoms in total. The van der Waals surface area contributed by atoms with Crippen molar-refractivity contribution in [1.29, 1.82) is 0 Å². The fraction of sp³-hybridized carbons (Fsp3) is 0.345. The highest BCUT2D eigenvalue weighted by Gasteiger charge is 2.51. The highest BCUT2D eigenvalue weighted by molar-refractivity contribution is 7.89. The number of sulfonamides is 1. The van der Waals surface area contributed by atoms with Crippen LogP contribution in [0.3, 0.4) is 0 Å². The van der Waals surface area contributed by atoms with Crippen LogP contribution in [0.4, 0.5) is 5.69 Å². The molecule has 3 aromatic rings. The molecule has 37 heavy (non-hydrogen) atoms. The molecule has 0 unspecified atom stereocenters. The molecule has 1 fully saturated rings. The van der Waals surface area contributed by atoms with Crippen LogP contribution >= 0.6 is 0 Å². The van der Waals surface area contributed by atoms with Gasteiger partial charge in [-0.2, -0.15) is 0 Å². The van der Waals surface area contributed by atoms with Gasteiger partial charge in [-0.25, -0.2) is 12.7 Å². The second kappa shape index (κ2) is 9.50. The van der Waals surface area contributed by atoms with E-state index in [1.807, 2.05) is 67.6 Å². The van der Waals surface area contributed by atoms with Crippen LogP contribution in [-0.4, -0.2) is 37.7 Å². The number of carbonyl (C=O) groups excluding carboxylic acids is 1. The molecule has 1 amide bonds. The van der Waals surface area contributed by atoms with Gasteiger partial charge in [0.15, 0.2) is 11.5 Å². The highest BCUT2D eigenvalue weighted by atomic mass is 32.2. The lowest BCUT2D eigenvalue weighted by molar-refractivity contribution is -0.118. The predicted molar refractivity (Wildman–Crippen MR) is 144 cm³/mol. The van der Waals surface area contributed by atoms with Gasteiger partial charge in [0, 0.05) is 19.3 Å². The predicted octanol–water partition coefficient (Wildman–Crippen LogP) is 5.23. The molecular weight excluding hydrogens is 488 g/mol. The molecule has 194 valence electrons. The Morgan fingerprint density at radius 3 is 2.38 bits per heavy atom. The minimum atomic E-state index is -3.31. The zero-order valence-electron chi connectivity index (χ0n) is 21.6. The van der Waals surface area contributed by atoms with Crippen LogP contribution in [0.2, 0.25) is 0 Å². The average Bonchev–Trinajstić information content (AvgIpc) is 3.56. The summed E-state index contributed by atoms with van der Waals surface area (Å²) < 4.78 is 37.1. The average molecular weight is 521 g/mol. The SMILES string of the molecule is Cc1ccc(NC(=O)C2(c3ccc4c(c3)OCO4)CC2)cc1-c1ccc(CN(C)S(=O)(=O)C(C)C)cc1. The first kappa shape index (κ1) is 25.3. The number of carbonyl (C=O) groups is 1. The number of hydrogen-bond donors (Lipinski definition) is 1. The second-order valence-corrected chi connectivity index (χ2v) is 12.8. The number of hydrogen-bond acceptors (Lipinski definition) is 5. The summed E-state index contributed by atoms with van der Waals surface area (Å²) >= 11 is 0. The molecule has 0 bridgehead atoms. The Hall–Kier alpha value is -3.36. The maximum absolute atomic E-state index is 13.4. The number of rotatable bonds is 8. The Bertz CT molecular complexity index is 1440. The maximum atomic E-state index is 13.4. The van der Waals surface area contributed by atoms with E-state index in [1.165, 1.54) is 4.31 Å². The van der Waals surface area contributed by atoms with Gasteiger partial charge in [0.05, 0.1) is 10.7 Å². The number of amides is 1. The summed E-state index contributed by atoms with van der Waals surface area (Å²) in [5.74, 6) is 1.37. The van der Waals surface area contributed by atoms with E-state index in [4.69, 9.17) is 9.47 Å². The highest BCUT2D eigenvalue weighted by Crippen LogP contribution is 2.51. The minimum absolute atomic E-state index is 0.0223. The third kappa shape index (κ3) is 4.83. The van der Waals surface area contributed by atoms with E-state index in [0.29, 0.717) is 18.0 Å². The van der Waals surface area contributed by atoms with Gasteiger partial charge in [-0.1, -0.05) is 36.4 Å². The first-order valence-electron chi connectivity index (χ1n) is 12.5. The quantitative estimate of drug-likeness (QED) is 0.440. The summed E-state index contributed by atoms with van der Waals surface area (Å²) in [5, 5.41) is 2.67. The zero-order chi connectivity index (χ0) is 26.4. The van der Waals surface area contributed by atoms with Crippen molar-refractivity contribution in [3.8, 4) is 22.6 Å². The normalized spacial score (nSPS) is 15.7. The smallest absolute Gasteiger partial charge is 0.235 e. The Morgan fingerprint density at radius 1 is 1.00 bits per heavy atom. The van der Waals surface area contributed by atoms with Crippen LogP contribution in [-0.2, 0) is 26.8 Å². The fourth-order valence-electron chi connectivity index (χ4n) is 4.72. The third-order valence-electron chi connectivity index (χ3n) is 7.31. The van der Waals surface area contributed by atoms with Crippen molar-refractivity contribution in [1.82, 2.24) is 4.31 Å². The van der Waals surface area contributed by atoms with Crippen molar-refractivity contribution in [2.45, 2.75) is 50.8 Å². The standard InChI is InChI=1S/C29H32N2O5S/c1-19(2)37(33,34)31(4)17-21-6-8-22(9-7-21)25-16-24(11-5-20(25)3)30-28(32)29(13-14-29)23-10-12-26-27(15-23)36-18-35-26/h5-12,15-16,19H,13-14,17-18H2,1-4H3,(H,30,32). The molecule has 0 radical (unpaired) electrons. The van der Waals surface area contributed by atoms with Crippen molar-refractivity contribution in [2.24, 2.45) is 0 Å². The molecule has 5 rings (SSSR count). The first-order chi connectivity index (χ1) is 17.6. The minimum Gasteiger partial charge on any atom is -0.454 e. The number of anilines is 1. The molecule has 8 heteroatoms. The summed E-state index contributed by atoms with van der Waals surface area (Å²) in [6.45, 7) is 5.93. The van der Waals surface area contributed by atoms with Crippen molar-refractivity contribution >= 4 is 21.6 Å². The van der Waals surface area contributed by atoms with Crippen LogP contribution in [0.15, 0.2) is 60.7 Å². The van der Waals surface area contributed by atoms with Crippen molar-refractivity contribution in [3.63, 3.8) is 0 Å². The van der Waals surface area contributed by atoms with Crippen LogP contribution < -0.4 is 14.8 Å². The van der Waals surface area contributed by atoms with Crippen molar-refractivity contribution < 1.29 is 22.7 Å². The number of ether oxygens (including phenoxy) is 2. The van der Waals surface area contributed by atoms with Gasteiger partial charge < -0.3 is 14.8 Å². The Labute approximate surface area is 218 Å². The summed E-state index contributed by atoms with van der Waals surface area (Å²) in [6.07, 6.45) is 1.58. The molecule has 1 aliphatic carbocycles. The summed E-state index contributed by atoms with van der Waals surface area (Å²) in [4.78, 5) is 13.4. The van der Waals surface area contributed by atoms with E-state index in [9.17, 15) is 13.2 Å². The van der Waals surface area contributed by atoms with Crippen molar-refractivity contribution in [2.75, 3.05) is 19.2 Å². The van der Waals surface area contributed by atoms with Crippen LogP contribution in [0.1, 0.15) is 43.4 Å². The molecule has 1 aliphatic heterocycles. The van der Waals surface area contributed by atoms with E-state index >= 15 is 0 Å². The lowest BCUT2D eigenvalue weighted by Crippen LogP contribution is -2.32. The Morgan fingerprint density at radius 2 is 1.70 bits per heavy atom. The van der Waals surface area contributed by atoms with E-state index in [2.05, 4.69) is 5.32 Å². The number of fused-ring (bicyclic) bond motifs is 1. The van der Waals surface area contributed by atoms with E-state index in [0.717, 1.165) is 46.3 Å². The van der Waals surface area contributed by atoms with E-state index in [1.54, 1.807) is 20.9 Å². The van der Waals surface area contributed by atoms with Gasteiger partial charge in [0.1, 0.15) is 0 Å². The lowest BCUT2D eigenvalue weighted by Gasteiger charge is -2.20. The maximum Gasteiger partial charge on any atom is 0.235 e. The number of aryl methyl sites for hydroxylation is 1. The van der Waals surface area contributed by atoms with Gasteiger partial charge >= 0.3 is 0 Å². The second-order valence-electron chi connectivity index (χ2n) is 10.2. The number of nitrogens with zero attached hydrogens (tertiary/aromatic N) is 1. The molecule has 0 atom stereocenters. The largest absolute Gasteiger partial charge is 0.454 e. The fourth-order valence-corrected chi connectivity index (χ4v) is 5.77. The molecule has 1 N–H and O–H groups in total. The summed E-state index contributed by atoms with van der Waals surface area (Å²) in [6, 6.07) is 19.5. The van der Waals surface area contributed by atoms with Crippen LogP contribution in [0.5, 0.6) is 11.5 Å². The van der Waals surface area contributed by atoms with Crippen LogP contribution in [0, 0.1) is 6.92 Å². The number of nitrogens with one attached hydrogen (secondary N) is 1. The summed E-state index contributed by atoms with van der Waals surface area (Å²) in [7, 11) is -1.70. The number of benzene rings is 3. The molecule has 1 heterocycles. The van der Waals surface area contributed by atoms with Gasteiger partial charge in [-0.3, -0.25) is 4.79 Å². The molecule has 3 aromatic carbocycles. The Kier molecular flexibility index (Phi) is 6.50. The van der Waals surface area contributed by atoms with E-state index < -0.39 is 20.7 Å². The molecular formula is C29H32N2O5S. The molecule has 0 saturated heterocycles. The van der Waals surface area contributed by atoms with E-state index in [-0.39, 0.29) is 12.7 Å². The molecule has 2 aliphatic rings. The molecule has 1 saturated carbocycles. The third-order valence-corrected chi connectivity index (χ3v) is 9.49. The van der Waals surface area contributed by atoms with Gasteiger partial charge in [-0.15, -0.1) is 0 Å². The Balaban J connectivity index is 1.32. The zero-order valence-corrected chi connectivity index (χ0v) is 22.4. The first-order valence-corrected chi connectivity index (χ1v) is 14.0. The lowest BCUT2D eigenvalue weighted by atomic mass is 9.94. The van der Waals surface area contributed by atoms with Crippen LogP contribution in [0.25, 0.3) is 11.1 Å². The molecule has 0 aromatic heterocycles. The molecule has 0 spiro atoms. The van der Waals surface area contributed by atoms with Crippen molar-refractivity contribution in [3.05, 3.63) is 77.4 Å². The van der Waals surface area contributed by atoms with Gasteiger partial charge in [0.2, 0.25) is 22.7 Å². The topological polar surface area (TPSA) is 84.9 Å².